The van der Waals surface area contributed by atoms with Gasteiger partial charge < -0.3 is 5.32 Å². The molecule has 0 spiro atoms. The lowest BCUT2D eigenvalue weighted by atomic mass is 10.1. The van der Waals surface area contributed by atoms with Crippen molar-refractivity contribution in [3.05, 3.63) is 52.1 Å². The van der Waals surface area contributed by atoms with E-state index in [1.165, 1.54) is 28.6 Å². The summed E-state index contributed by atoms with van der Waals surface area (Å²) >= 11 is 6.83. The normalized spacial score (nSPS) is 18.2. The van der Waals surface area contributed by atoms with Crippen molar-refractivity contribution in [2.75, 3.05) is 13.1 Å². The number of rotatable bonds is 6. The predicted molar refractivity (Wildman–Crippen MR) is 99.4 cm³/mol. The van der Waals surface area contributed by atoms with Crippen molar-refractivity contribution in [1.82, 2.24) is 9.62 Å². The van der Waals surface area contributed by atoms with Gasteiger partial charge in [-0.05, 0) is 49.1 Å². The zero-order valence-corrected chi connectivity index (χ0v) is 16.2. The second kappa shape index (κ2) is 8.04. The van der Waals surface area contributed by atoms with Gasteiger partial charge in [-0.1, -0.05) is 23.7 Å². The summed E-state index contributed by atoms with van der Waals surface area (Å²) in [5.74, 6) is -0.617. The average Bonchev–Trinajstić information content (AvgIpc) is 3.26. The highest BCUT2D eigenvalue weighted by atomic mass is 35.5. The van der Waals surface area contributed by atoms with Gasteiger partial charge in [0, 0.05) is 13.1 Å². The van der Waals surface area contributed by atoms with Gasteiger partial charge in [0.25, 0.3) is 10.0 Å². The first-order valence-electron chi connectivity index (χ1n) is 8.17. The largest absolute Gasteiger partial charge is 0.354 e. The molecule has 2 heterocycles. The molecule has 1 saturated heterocycles. The van der Waals surface area contributed by atoms with Crippen molar-refractivity contribution in [1.29, 1.82) is 0 Å². The van der Waals surface area contributed by atoms with Crippen molar-refractivity contribution >= 4 is 38.9 Å². The maximum absolute atomic E-state index is 12.9. The molecule has 0 bridgehead atoms. The van der Waals surface area contributed by atoms with Crippen LogP contribution in [-0.2, 0) is 21.2 Å². The number of carbonyl (C=O) groups is 1. The fraction of sp³-hybridized carbons (Fsp3) is 0.353. The third-order valence-electron chi connectivity index (χ3n) is 4.24. The molecule has 1 aliphatic heterocycles. The van der Waals surface area contributed by atoms with E-state index in [2.05, 4.69) is 5.32 Å². The molecule has 0 saturated carbocycles. The molecule has 1 aromatic heterocycles. The molecule has 5 nitrogen and oxygen atoms in total. The standard InChI is InChI=1S/C17H18ClFN2O3S2/c18-15-7-8-16(25-15)26(23,24)21-11-1-2-14(21)17(22)20-10-9-12-3-5-13(19)6-4-12/h3-8,14H,1-2,9-11H2,(H,20,22). The zero-order chi connectivity index (χ0) is 18.7. The molecule has 2 aromatic rings. The van der Waals surface area contributed by atoms with Crippen molar-refractivity contribution in [3.8, 4) is 0 Å². The van der Waals surface area contributed by atoms with Crippen LogP contribution < -0.4 is 5.32 Å². The van der Waals surface area contributed by atoms with Crippen LogP contribution in [0.25, 0.3) is 0 Å². The lowest BCUT2D eigenvalue weighted by molar-refractivity contribution is -0.124. The lowest BCUT2D eigenvalue weighted by Crippen LogP contribution is -2.46. The summed E-state index contributed by atoms with van der Waals surface area (Å²) in [6, 6.07) is 8.34. The molecule has 1 aromatic carbocycles. The molecule has 1 amide bonds. The van der Waals surface area contributed by atoms with Gasteiger partial charge in [-0.25, -0.2) is 12.8 Å². The first-order chi connectivity index (χ1) is 12.4. The van der Waals surface area contributed by atoms with E-state index < -0.39 is 16.1 Å². The van der Waals surface area contributed by atoms with Crippen LogP contribution in [0.1, 0.15) is 18.4 Å². The predicted octanol–water partition coefficient (Wildman–Crippen LogP) is 3.05. The third-order valence-corrected chi connectivity index (χ3v) is 7.85. The summed E-state index contributed by atoms with van der Waals surface area (Å²) in [7, 11) is -3.73. The Bertz CT molecular complexity index is 884. The summed E-state index contributed by atoms with van der Waals surface area (Å²) in [4.78, 5) is 12.5. The van der Waals surface area contributed by atoms with E-state index in [9.17, 15) is 17.6 Å². The fourth-order valence-electron chi connectivity index (χ4n) is 2.94. The highest BCUT2D eigenvalue weighted by Crippen LogP contribution is 2.32. The zero-order valence-electron chi connectivity index (χ0n) is 13.8. The molecule has 0 radical (unpaired) electrons. The van der Waals surface area contributed by atoms with E-state index in [1.54, 1.807) is 12.1 Å². The molecule has 26 heavy (non-hydrogen) atoms. The van der Waals surface area contributed by atoms with Crippen molar-refractivity contribution in [3.63, 3.8) is 0 Å². The van der Waals surface area contributed by atoms with E-state index >= 15 is 0 Å². The number of sulfonamides is 1. The summed E-state index contributed by atoms with van der Waals surface area (Å²) in [5.41, 5.74) is 0.899. The molecule has 1 unspecified atom stereocenters. The minimum absolute atomic E-state index is 0.147. The van der Waals surface area contributed by atoms with E-state index in [-0.39, 0.29) is 15.9 Å². The maximum atomic E-state index is 12.9. The highest BCUT2D eigenvalue weighted by molar-refractivity contribution is 7.91. The Kier molecular flexibility index (Phi) is 5.96. The van der Waals surface area contributed by atoms with Crippen molar-refractivity contribution in [2.45, 2.75) is 29.5 Å². The monoisotopic (exact) mass is 416 g/mol. The smallest absolute Gasteiger partial charge is 0.253 e. The Hall–Kier alpha value is -1.48. The van der Waals surface area contributed by atoms with Crippen LogP contribution in [0.4, 0.5) is 4.39 Å². The highest BCUT2D eigenvalue weighted by Gasteiger charge is 2.39. The van der Waals surface area contributed by atoms with Crippen molar-refractivity contribution in [2.24, 2.45) is 0 Å². The number of hydrogen-bond acceptors (Lipinski definition) is 4. The molecule has 0 aliphatic carbocycles. The maximum Gasteiger partial charge on any atom is 0.253 e. The van der Waals surface area contributed by atoms with Gasteiger partial charge in [0.15, 0.2) is 0 Å². The molecular weight excluding hydrogens is 399 g/mol. The molecule has 3 rings (SSSR count). The number of amides is 1. The Balaban J connectivity index is 1.62. The van der Waals surface area contributed by atoms with Crippen molar-refractivity contribution < 1.29 is 17.6 Å². The number of nitrogens with one attached hydrogen (secondary N) is 1. The summed E-state index contributed by atoms with van der Waals surface area (Å²) < 4.78 is 40.2. The van der Waals surface area contributed by atoms with Gasteiger partial charge in [0.1, 0.15) is 16.1 Å². The Morgan fingerprint density at radius 3 is 2.65 bits per heavy atom. The van der Waals surface area contributed by atoms with Gasteiger partial charge in [-0.2, -0.15) is 4.31 Å². The molecule has 1 N–H and O–H groups in total. The van der Waals surface area contributed by atoms with E-state index in [0.717, 1.165) is 16.9 Å². The number of hydrogen-bond donors (Lipinski definition) is 1. The Labute approximate surface area is 160 Å². The number of halogens is 2. The van der Waals surface area contributed by atoms with Gasteiger partial charge in [0.2, 0.25) is 5.91 Å². The van der Waals surface area contributed by atoms with E-state index in [4.69, 9.17) is 11.6 Å². The SMILES string of the molecule is O=C(NCCc1ccc(F)cc1)C1CCCN1S(=O)(=O)c1ccc(Cl)s1. The minimum atomic E-state index is -3.73. The van der Waals surface area contributed by atoms with Gasteiger partial charge >= 0.3 is 0 Å². The Morgan fingerprint density at radius 1 is 1.27 bits per heavy atom. The average molecular weight is 417 g/mol. The van der Waals surface area contributed by atoms with Crippen LogP contribution in [0.2, 0.25) is 4.34 Å². The molecule has 1 aliphatic rings. The number of nitrogens with zero attached hydrogens (tertiary/aromatic N) is 1. The summed E-state index contributed by atoms with van der Waals surface area (Å²) in [6.07, 6.45) is 1.67. The van der Waals surface area contributed by atoms with Crippen LogP contribution in [0.3, 0.4) is 0 Å². The quantitative estimate of drug-likeness (QED) is 0.787. The molecule has 1 atom stereocenters. The van der Waals surface area contributed by atoms with Gasteiger partial charge in [-0.15, -0.1) is 11.3 Å². The van der Waals surface area contributed by atoms with E-state index in [1.807, 2.05) is 0 Å². The number of benzene rings is 1. The summed E-state index contributed by atoms with van der Waals surface area (Å²) in [5, 5.41) is 2.78. The number of carbonyl (C=O) groups excluding carboxylic acids is 1. The lowest BCUT2D eigenvalue weighted by Gasteiger charge is -2.22. The molecule has 9 heteroatoms. The first kappa shape index (κ1) is 19.3. The van der Waals surface area contributed by atoms with Crippen LogP contribution in [-0.4, -0.2) is 37.8 Å². The van der Waals surface area contributed by atoms with Gasteiger partial charge in [0.05, 0.1) is 4.34 Å². The molecule has 1 fully saturated rings. The van der Waals surface area contributed by atoms with Crippen LogP contribution >= 0.6 is 22.9 Å². The molecular formula is C17H18ClFN2O3S2. The topological polar surface area (TPSA) is 66.5 Å². The van der Waals surface area contributed by atoms with Crippen LogP contribution in [0.5, 0.6) is 0 Å². The second-order valence-corrected chi connectivity index (χ2v) is 9.83. The molecule has 140 valence electrons. The Morgan fingerprint density at radius 2 is 2.00 bits per heavy atom. The second-order valence-electron chi connectivity index (χ2n) is 6.00. The number of thiophene rings is 1. The van der Waals surface area contributed by atoms with E-state index in [0.29, 0.717) is 36.7 Å². The minimum Gasteiger partial charge on any atom is -0.354 e. The third kappa shape index (κ3) is 4.25. The first-order valence-corrected chi connectivity index (χ1v) is 10.8. The van der Waals surface area contributed by atoms with Gasteiger partial charge in [-0.3, -0.25) is 4.79 Å². The van der Waals surface area contributed by atoms with Crippen LogP contribution in [0, 0.1) is 5.82 Å². The summed E-state index contributed by atoms with van der Waals surface area (Å²) in [6.45, 7) is 0.674. The van der Waals surface area contributed by atoms with Crippen LogP contribution in [0.15, 0.2) is 40.6 Å². The fourth-order valence-corrected chi connectivity index (χ4v) is 6.21.